The van der Waals surface area contributed by atoms with Crippen molar-refractivity contribution in [2.75, 3.05) is 52.7 Å². The van der Waals surface area contributed by atoms with Crippen LogP contribution in [0.1, 0.15) is 38.8 Å². The fourth-order valence-corrected chi connectivity index (χ4v) is 7.07. The van der Waals surface area contributed by atoms with Crippen LogP contribution in [0.4, 0.5) is 9.59 Å². The van der Waals surface area contributed by atoms with E-state index in [0.29, 0.717) is 23.0 Å². The number of carbonyl (C=O) groups excluding carboxylic acids is 4. The van der Waals surface area contributed by atoms with E-state index in [9.17, 15) is 19.2 Å². The van der Waals surface area contributed by atoms with E-state index in [4.69, 9.17) is 37.9 Å². The lowest BCUT2D eigenvalue weighted by Crippen LogP contribution is -2.37. The van der Waals surface area contributed by atoms with Crippen molar-refractivity contribution >= 4 is 24.1 Å². The second-order valence-electron chi connectivity index (χ2n) is 17.4. The minimum Gasteiger partial charge on any atom is -0.490 e. The first-order valence-electron chi connectivity index (χ1n) is 23.8. The number of benzene rings is 6. The molecule has 0 heterocycles. The molecule has 2 atom stereocenters. The van der Waals surface area contributed by atoms with Gasteiger partial charge in [0.05, 0.1) is 13.1 Å². The molecule has 0 spiro atoms. The maximum Gasteiger partial charge on any atom is 0.407 e. The predicted molar refractivity (Wildman–Crippen MR) is 279 cm³/mol. The van der Waals surface area contributed by atoms with Gasteiger partial charge < -0.3 is 48.5 Å². The first-order valence-corrected chi connectivity index (χ1v) is 23.8. The topological polar surface area (TPSA) is 166 Å². The van der Waals surface area contributed by atoms with Crippen LogP contribution in [0, 0.1) is 0 Å². The maximum atomic E-state index is 12.8. The van der Waals surface area contributed by atoms with Crippen LogP contribution >= 0.6 is 0 Å². The minimum atomic E-state index is -0.808. The number of ether oxygens (including phenoxy) is 8. The molecule has 6 aromatic rings. The lowest BCUT2D eigenvalue weighted by molar-refractivity contribution is -0.139. The Morgan fingerprint density at radius 1 is 0.438 bits per heavy atom. The highest BCUT2D eigenvalue weighted by Crippen LogP contribution is 2.34. The summed E-state index contributed by atoms with van der Waals surface area (Å²) in [7, 11) is 0. The van der Waals surface area contributed by atoms with Crippen molar-refractivity contribution in [3.63, 3.8) is 0 Å². The Morgan fingerprint density at radius 3 is 1.03 bits per heavy atom. The molecule has 0 aliphatic rings. The van der Waals surface area contributed by atoms with Gasteiger partial charge in [0, 0.05) is 16.6 Å². The summed E-state index contributed by atoms with van der Waals surface area (Å²) in [5.74, 6) is 1.20. The predicted octanol–water partition coefficient (Wildman–Crippen LogP) is 10.7. The molecule has 0 aliphatic carbocycles. The smallest absolute Gasteiger partial charge is 0.407 e. The van der Waals surface area contributed by atoms with Gasteiger partial charge >= 0.3 is 24.1 Å². The Bertz CT molecular complexity index is 2540. The highest BCUT2D eigenvalue weighted by molar-refractivity contribution is 5.87. The van der Waals surface area contributed by atoms with Crippen molar-refractivity contribution in [2.24, 2.45) is 0 Å². The third-order valence-corrected chi connectivity index (χ3v) is 11.3. The molecule has 73 heavy (non-hydrogen) atoms. The first-order chi connectivity index (χ1) is 35.2. The van der Waals surface area contributed by atoms with Gasteiger partial charge in [-0.1, -0.05) is 136 Å². The zero-order valence-corrected chi connectivity index (χ0v) is 41.6. The fourth-order valence-electron chi connectivity index (χ4n) is 7.07. The molecule has 6 rings (SSSR count). The van der Waals surface area contributed by atoms with Crippen LogP contribution in [0.3, 0.4) is 0 Å². The molecule has 14 nitrogen and oxygen atoms in total. The van der Waals surface area contributed by atoms with Gasteiger partial charge in [-0.3, -0.25) is 0 Å². The van der Waals surface area contributed by atoms with E-state index in [0.717, 1.165) is 33.4 Å². The Hall–Kier alpha value is -8.52. The highest BCUT2D eigenvalue weighted by atomic mass is 16.6. The van der Waals surface area contributed by atoms with E-state index in [1.54, 1.807) is 13.8 Å². The van der Waals surface area contributed by atoms with E-state index in [2.05, 4.69) is 37.6 Å². The quantitative estimate of drug-likeness (QED) is 0.0229. The van der Waals surface area contributed by atoms with Crippen molar-refractivity contribution < 1.29 is 57.1 Å². The lowest BCUT2D eigenvalue weighted by Gasteiger charge is -2.27. The molecule has 0 saturated heterocycles. The summed E-state index contributed by atoms with van der Waals surface area (Å²) in [6.07, 6.45) is -3.06. The van der Waals surface area contributed by atoms with Crippen molar-refractivity contribution in [1.29, 1.82) is 0 Å². The number of alkyl carbamates (subject to hydrolysis) is 2. The number of hydrogen-bond donors (Lipinski definition) is 2. The summed E-state index contributed by atoms with van der Waals surface area (Å²) in [5, 5.41) is 5.19. The molecular weight excluding hydrogens is 929 g/mol. The lowest BCUT2D eigenvalue weighted by atomic mass is 9.78. The van der Waals surface area contributed by atoms with Crippen LogP contribution in [0.2, 0.25) is 0 Å². The van der Waals surface area contributed by atoms with E-state index in [-0.39, 0.29) is 63.9 Å². The van der Waals surface area contributed by atoms with Gasteiger partial charge in [0.1, 0.15) is 62.6 Å². The van der Waals surface area contributed by atoms with E-state index >= 15 is 0 Å². The monoisotopic (exact) mass is 990 g/mol. The average Bonchev–Trinajstić information content (AvgIpc) is 3.41. The van der Waals surface area contributed by atoms with Crippen molar-refractivity contribution in [2.45, 2.75) is 45.3 Å². The standard InChI is InChI=1S/C59H62N2O12/c1-41(2)55(62)66-35-33-60-57(64)72-53(37-68-49-25-17-45(18-26-49)43-13-9-7-10-14-43)39-70-51-29-21-47(22-30-51)59(5,6)48-23-31-52(32-24-48)71-40-54(73-58(65)61-34-36-67-56(63)42(3)4)38-69-50-27-19-46(20-28-50)44-15-11-8-12-16-44/h7-32,53-54H,1,3,33-40H2,2,4-6H3,(H,60,64)(H,61,65). The first kappa shape index (κ1) is 53.8. The summed E-state index contributed by atoms with van der Waals surface area (Å²) in [5.41, 5.74) is 6.33. The van der Waals surface area contributed by atoms with Crippen LogP contribution in [0.15, 0.2) is 182 Å². The number of carbonyl (C=O) groups is 4. The molecule has 2 amide bonds. The molecule has 0 bridgehead atoms. The van der Waals surface area contributed by atoms with Crippen LogP contribution < -0.4 is 29.6 Å². The van der Waals surface area contributed by atoms with E-state index < -0.39 is 41.7 Å². The van der Waals surface area contributed by atoms with Crippen LogP contribution in [-0.4, -0.2) is 89.1 Å². The summed E-state index contributed by atoms with van der Waals surface area (Å²) >= 11 is 0. The number of amides is 2. The molecule has 0 fully saturated rings. The zero-order valence-electron chi connectivity index (χ0n) is 41.6. The Labute approximate surface area is 426 Å². The highest BCUT2D eigenvalue weighted by Gasteiger charge is 2.24. The minimum absolute atomic E-state index is 0.00466. The van der Waals surface area contributed by atoms with Gasteiger partial charge in [-0.15, -0.1) is 0 Å². The Morgan fingerprint density at radius 2 is 0.726 bits per heavy atom. The van der Waals surface area contributed by atoms with Gasteiger partial charge in [-0.05, 0) is 95.8 Å². The van der Waals surface area contributed by atoms with Crippen molar-refractivity contribution in [1.82, 2.24) is 10.6 Å². The Balaban J connectivity index is 1.04. The van der Waals surface area contributed by atoms with Crippen LogP contribution in [-0.2, 0) is 34.0 Å². The molecule has 0 aromatic heterocycles. The third kappa shape index (κ3) is 17.4. The zero-order chi connectivity index (χ0) is 52.0. The molecule has 0 saturated carbocycles. The molecular formula is C59H62N2O12. The number of esters is 2. The van der Waals surface area contributed by atoms with E-state index in [1.165, 1.54) is 0 Å². The SMILES string of the molecule is C=C(C)C(=O)OCCNC(=O)OC(COc1ccc(-c2ccccc2)cc1)COc1ccc(C(C)(C)c2ccc(OCC(COc3ccc(-c4ccccc4)cc3)OC(=O)NCCOC(=O)C(=C)C)cc2)cc1. The van der Waals surface area contributed by atoms with Gasteiger partial charge in [-0.2, -0.15) is 0 Å². The normalized spacial score (nSPS) is 11.7. The van der Waals surface area contributed by atoms with Gasteiger partial charge in [0.15, 0.2) is 12.2 Å². The maximum absolute atomic E-state index is 12.8. The Kier molecular flexibility index (Phi) is 20.0. The third-order valence-electron chi connectivity index (χ3n) is 11.3. The number of rotatable bonds is 26. The molecule has 6 aromatic carbocycles. The van der Waals surface area contributed by atoms with Crippen molar-refractivity contribution in [3.05, 3.63) is 193 Å². The number of hydrogen-bond acceptors (Lipinski definition) is 12. The molecule has 2 unspecified atom stereocenters. The second-order valence-corrected chi connectivity index (χ2v) is 17.4. The fraction of sp³-hybridized carbons (Fsp3) is 0.254. The van der Waals surface area contributed by atoms with Crippen LogP contribution in [0.5, 0.6) is 23.0 Å². The molecule has 0 radical (unpaired) electrons. The van der Waals surface area contributed by atoms with Crippen molar-refractivity contribution in [3.8, 4) is 45.3 Å². The summed E-state index contributed by atoms with van der Waals surface area (Å²) < 4.78 is 45.9. The van der Waals surface area contributed by atoms with Gasteiger partial charge in [0.2, 0.25) is 0 Å². The summed E-state index contributed by atoms with van der Waals surface area (Å²) in [6.45, 7) is 14.4. The van der Waals surface area contributed by atoms with Crippen LogP contribution in [0.25, 0.3) is 22.3 Å². The molecule has 380 valence electrons. The molecule has 0 aliphatic heterocycles. The molecule has 14 heteroatoms. The second kappa shape index (κ2) is 27.2. The largest absolute Gasteiger partial charge is 0.490 e. The molecule has 2 N–H and O–H groups in total. The summed E-state index contributed by atoms with van der Waals surface area (Å²) in [6, 6.07) is 50.6. The summed E-state index contributed by atoms with van der Waals surface area (Å²) in [4.78, 5) is 49.1. The van der Waals surface area contributed by atoms with E-state index in [1.807, 2.05) is 158 Å². The average molecular weight is 991 g/mol. The number of nitrogens with one attached hydrogen (secondary N) is 2. The van der Waals surface area contributed by atoms with Gasteiger partial charge in [0.25, 0.3) is 0 Å². The van der Waals surface area contributed by atoms with Gasteiger partial charge in [-0.25, -0.2) is 19.2 Å².